The van der Waals surface area contributed by atoms with E-state index in [4.69, 9.17) is 0 Å². The van der Waals surface area contributed by atoms with Crippen LogP contribution in [0.4, 0.5) is 0 Å². The summed E-state index contributed by atoms with van der Waals surface area (Å²) in [6.07, 6.45) is 0. The van der Waals surface area contributed by atoms with Crippen LogP contribution >= 0.6 is 0 Å². The fourth-order valence-corrected chi connectivity index (χ4v) is 5.05. The van der Waals surface area contributed by atoms with Crippen molar-refractivity contribution in [3.63, 3.8) is 0 Å². The second kappa shape index (κ2) is 6.80. The van der Waals surface area contributed by atoms with E-state index in [0.717, 1.165) is 0 Å². The molecule has 0 heterocycles. The fraction of sp³-hybridized carbons (Fsp3) is 0.143. The molecule has 0 bridgehead atoms. The summed E-state index contributed by atoms with van der Waals surface area (Å²) in [6, 6.07) is 42.3. The van der Waals surface area contributed by atoms with Gasteiger partial charge in [0.1, 0.15) is 0 Å². The van der Waals surface area contributed by atoms with Gasteiger partial charge < -0.3 is 0 Å². The molecular weight excluding hydrogens is 336 g/mol. The highest BCUT2D eigenvalue weighted by Gasteiger charge is 2.66. The van der Waals surface area contributed by atoms with Gasteiger partial charge in [0.15, 0.2) is 0 Å². The molecule has 4 aromatic rings. The minimum absolute atomic E-state index is 0.0286. The zero-order valence-electron chi connectivity index (χ0n) is 16.1. The van der Waals surface area contributed by atoms with Crippen molar-refractivity contribution in [2.75, 3.05) is 0 Å². The molecule has 0 unspecified atom stereocenters. The maximum Gasteiger partial charge on any atom is 0.0352 e. The minimum Gasteiger partial charge on any atom is -0.0622 e. The second-order valence-electron chi connectivity index (χ2n) is 7.88. The average molecular weight is 361 g/mol. The predicted octanol–water partition coefficient (Wildman–Crippen LogP) is 6.86. The Bertz CT molecular complexity index is 1010. The van der Waals surface area contributed by atoms with Crippen LogP contribution in [0.2, 0.25) is 0 Å². The Balaban J connectivity index is 1.76. The highest BCUT2D eigenvalue weighted by atomic mass is 14.7. The molecule has 5 rings (SSSR count). The van der Waals surface area contributed by atoms with Crippen LogP contribution in [0.15, 0.2) is 115 Å². The molecule has 0 nitrogen and oxygen atoms in total. The maximum atomic E-state index is 2.32. The molecule has 1 aliphatic rings. The summed E-state index contributed by atoms with van der Waals surface area (Å²) in [5, 5.41) is 0. The van der Waals surface area contributed by atoms with E-state index in [1.54, 1.807) is 0 Å². The SMILES string of the molecule is Cc1ccc([C@H]2[C@H](c3ccccc3)C2(c2ccccc2)c2ccccc2)cc1. The van der Waals surface area contributed by atoms with Crippen molar-refractivity contribution in [1.29, 1.82) is 0 Å². The Hall–Kier alpha value is -3.12. The largest absolute Gasteiger partial charge is 0.0622 e. The highest BCUT2D eigenvalue weighted by molar-refractivity contribution is 5.61. The lowest BCUT2D eigenvalue weighted by atomic mass is 9.82. The molecule has 136 valence electrons. The van der Waals surface area contributed by atoms with Gasteiger partial charge in [-0.25, -0.2) is 0 Å². The molecule has 0 saturated heterocycles. The average Bonchev–Trinajstić information content (AvgIpc) is 3.47. The second-order valence-corrected chi connectivity index (χ2v) is 7.88. The van der Waals surface area contributed by atoms with Gasteiger partial charge in [-0.05, 0) is 29.2 Å². The number of aryl methyl sites for hydroxylation is 1. The number of hydrogen-bond acceptors (Lipinski definition) is 0. The van der Waals surface area contributed by atoms with Crippen molar-refractivity contribution < 1.29 is 0 Å². The van der Waals surface area contributed by atoms with Crippen LogP contribution in [-0.2, 0) is 5.41 Å². The maximum absolute atomic E-state index is 2.32. The third kappa shape index (κ3) is 2.60. The van der Waals surface area contributed by atoms with Gasteiger partial charge in [0.2, 0.25) is 0 Å². The van der Waals surface area contributed by atoms with Crippen molar-refractivity contribution in [2.24, 2.45) is 0 Å². The third-order valence-corrected chi connectivity index (χ3v) is 6.30. The molecular formula is C28H24. The lowest BCUT2D eigenvalue weighted by Crippen LogP contribution is -2.13. The molecule has 1 fully saturated rings. The Morgan fingerprint density at radius 3 is 1.32 bits per heavy atom. The summed E-state index contributed by atoms with van der Waals surface area (Å²) in [4.78, 5) is 0. The van der Waals surface area contributed by atoms with Gasteiger partial charge in [-0.3, -0.25) is 0 Å². The lowest BCUT2D eigenvalue weighted by Gasteiger charge is -2.21. The smallest absolute Gasteiger partial charge is 0.0352 e. The Morgan fingerprint density at radius 1 is 0.464 bits per heavy atom. The zero-order valence-corrected chi connectivity index (χ0v) is 16.1. The van der Waals surface area contributed by atoms with Crippen LogP contribution in [0.1, 0.15) is 39.7 Å². The van der Waals surface area contributed by atoms with Gasteiger partial charge in [0.05, 0.1) is 0 Å². The molecule has 0 radical (unpaired) electrons. The molecule has 1 saturated carbocycles. The van der Waals surface area contributed by atoms with Gasteiger partial charge in [0.25, 0.3) is 0 Å². The fourth-order valence-electron chi connectivity index (χ4n) is 5.05. The molecule has 28 heavy (non-hydrogen) atoms. The summed E-state index contributed by atoms with van der Waals surface area (Å²) < 4.78 is 0. The first-order chi connectivity index (χ1) is 13.8. The standard InChI is InChI=1S/C28H24/c1-21-17-19-23(20-18-21)27-26(22-11-5-2-6-12-22)28(27,24-13-7-3-8-14-24)25-15-9-4-10-16-25/h2-20,26-27H,1H3/t26-,27-/m0/s1. The molecule has 0 heteroatoms. The van der Waals surface area contributed by atoms with Crippen LogP contribution in [0.25, 0.3) is 0 Å². The van der Waals surface area contributed by atoms with E-state index in [1.165, 1.54) is 27.8 Å². The Kier molecular flexibility index (Phi) is 4.13. The molecule has 2 atom stereocenters. The van der Waals surface area contributed by atoms with Crippen molar-refractivity contribution in [2.45, 2.75) is 24.2 Å². The molecule has 0 spiro atoms. The summed E-state index contributed by atoms with van der Waals surface area (Å²) in [5.74, 6) is 0.863. The Labute approximate surface area is 167 Å². The first kappa shape index (κ1) is 17.0. The predicted molar refractivity (Wildman–Crippen MR) is 117 cm³/mol. The van der Waals surface area contributed by atoms with Gasteiger partial charge in [-0.1, -0.05) is 121 Å². The van der Waals surface area contributed by atoms with Gasteiger partial charge in [-0.15, -0.1) is 0 Å². The summed E-state index contributed by atoms with van der Waals surface area (Å²) in [6.45, 7) is 2.16. The van der Waals surface area contributed by atoms with E-state index in [-0.39, 0.29) is 5.41 Å². The van der Waals surface area contributed by atoms with E-state index in [1.807, 2.05) is 0 Å². The van der Waals surface area contributed by atoms with Crippen molar-refractivity contribution in [1.82, 2.24) is 0 Å². The monoisotopic (exact) mass is 360 g/mol. The van der Waals surface area contributed by atoms with Crippen LogP contribution in [0.3, 0.4) is 0 Å². The van der Waals surface area contributed by atoms with Crippen molar-refractivity contribution >= 4 is 0 Å². The van der Waals surface area contributed by atoms with E-state index in [0.29, 0.717) is 11.8 Å². The normalized spacial score (nSPS) is 19.9. The van der Waals surface area contributed by atoms with Crippen LogP contribution < -0.4 is 0 Å². The van der Waals surface area contributed by atoms with Crippen LogP contribution in [0, 0.1) is 6.92 Å². The number of rotatable bonds is 4. The molecule has 1 aliphatic carbocycles. The van der Waals surface area contributed by atoms with E-state index < -0.39 is 0 Å². The molecule has 0 aliphatic heterocycles. The number of benzene rings is 4. The molecule has 4 aromatic carbocycles. The van der Waals surface area contributed by atoms with Gasteiger partial charge in [0, 0.05) is 17.3 Å². The first-order valence-corrected chi connectivity index (χ1v) is 10.0. The van der Waals surface area contributed by atoms with E-state index in [9.17, 15) is 0 Å². The molecule has 0 N–H and O–H groups in total. The van der Waals surface area contributed by atoms with Gasteiger partial charge in [-0.2, -0.15) is 0 Å². The Morgan fingerprint density at radius 2 is 0.857 bits per heavy atom. The van der Waals surface area contributed by atoms with Crippen molar-refractivity contribution in [3.8, 4) is 0 Å². The zero-order chi connectivity index (χ0) is 19.0. The summed E-state index contributed by atoms with van der Waals surface area (Å²) in [5.41, 5.74) is 6.93. The van der Waals surface area contributed by atoms with Gasteiger partial charge >= 0.3 is 0 Å². The van der Waals surface area contributed by atoms with Crippen molar-refractivity contribution in [3.05, 3.63) is 143 Å². The molecule has 0 amide bonds. The first-order valence-electron chi connectivity index (χ1n) is 10.0. The third-order valence-electron chi connectivity index (χ3n) is 6.30. The number of hydrogen-bond donors (Lipinski definition) is 0. The summed E-state index contributed by atoms with van der Waals surface area (Å²) >= 11 is 0. The lowest BCUT2D eigenvalue weighted by molar-refractivity contribution is 0.782. The minimum atomic E-state index is -0.0286. The van der Waals surface area contributed by atoms with E-state index in [2.05, 4.69) is 122 Å². The van der Waals surface area contributed by atoms with E-state index >= 15 is 0 Å². The highest BCUT2D eigenvalue weighted by Crippen LogP contribution is 2.73. The topological polar surface area (TPSA) is 0 Å². The summed E-state index contributed by atoms with van der Waals surface area (Å²) in [7, 11) is 0. The quantitative estimate of drug-likeness (QED) is 0.373. The van der Waals surface area contributed by atoms with Crippen LogP contribution in [0.5, 0.6) is 0 Å². The van der Waals surface area contributed by atoms with Crippen LogP contribution in [-0.4, -0.2) is 0 Å². The molecule has 0 aromatic heterocycles.